The number of nitrogens with one attached hydrogen (secondary N) is 1. The highest BCUT2D eigenvalue weighted by atomic mass is 16.5. The Morgan fingerprint density at radius 1 is 1.43 bits per heavy atom. The van der Waals surface area contributed by atoms with Crippen LogP contribution in [0.4, 0.5) is 5.69 Å². The molecule has 1 aromatic carbocycles. The number of rotatable bonds is 3. The summed E-state index contributed by atoms with van der Waals surface area (Å²) in [6.07, 6.45) is 3.30. The molecular weight excluding hydrogens is 294 g/mol. The van der Waals surface area contributed by atoms with Gasteiger partial charge in [-0.2, -0.15) is 0 Å². The van der Waals surface area contributed by atoms with Crippen molar-refractivity contribution in [3.05, 3.63) is 23.3 Å². The molecule has 23 heavy (non-hydrogen) atoms. The van der Waals surface area contributed by atoms with Gasteiger partial charge in [-0.05, 0) is 31.5 Å². The number of nitrogens with zero attached hydrogens (tertiary/aromatic N) is 1. The summed E-state index contributed by atoms with van der Waals surface area (Å²) in [6, 6.07) is 4.11. The molecule has 124 valence electrons. The van der Waals surface area contributed by atoms with Crippen molar-refractivity contribution in [1.82, 2.24) is 10.2 Å². The monoisotopic (exact) mass is 317 g/mol. The molecule has 2 saturated heterocycles. The molecule has 3 aliphatic rings. The number of hydrogen-bond donors (Lipinski definition) is 2. The molecule has 4 rings (SSSR count). The predicted molar refractivity (Wildman–Crippen MR) is 86.7 cm³/mol. The lowest BCUT2D eigenvalue weighted by molar-refractivity contribution is -0.0461. The summed E-state index contributed by atoms with van der Waals surface area (Å²) >= 11 is 0. The third-order valence-electron chi connectivity index (χ3n) is 5.09. The molecule has 3 aliphatic heterocycles. The van der Waals surface area contributed by atoms with E-state index in [2.05, 4.69) is 10.2 Å². The van der Waals surface area contributed by atoms with Crippen LogP contribution < -0.4 is 15.8 Å². The van der Waals surface area contributed by atoms with Gasteiger partial charge in [0.15, 0.2) is 0 Å². The summed E-state index contributed by atoms with van der Waals surface area (Å²) in [4.78, 5) is 15.0. The number of nitrogen functional groups attached to an aromatic ring is 1. The van der Waals surface area contributed by atoms with Crippen molar-refractivity contribution < 1.29 is 14.3 Å². The first kappa shape index (κ1) is 14.8. The first-order valence-corrected chi connectivity index (χ1v) is 8.40. The van der Waals surface area contributed by atoms with Crippen molar-refractivity contribution in [3.63, 3.8) is 0 Å². The maximum Gasteiger partial charge on any atom is 0.251 e. The van der Waals surface area contributed by atoms with E-state index in [9.17, 15) is 4.79 Å². The Kier molecular flexibility index (Phi) is 3.87. The van der Waals surface area contributed by atoms with E-state index in [0.717, 1.165) is 31.7 Å². The minimum Gasteiger partial charge on any atom is -0.491 e. The van der Waals surface area contributed by atoms with Gasteiger partial charge in [-0.25, -0.2) is 0 Å². The second kappa shape index (κ2) is 6.02. The molecule has 3 N–H and O–H groups in total. The number of carbonyl (C=O) groups is 1. The molecule has 6 nitrogen and oxygen atoms in total. The van der Waals surface area contributed by atoms with Gasteiger partial charge < -0.3 is 20.5 Å². The molecular formula is C17H23N3O3. The summed E-state index contributed by atoms with van der Waals surface area (Å²) < 4.78 is 11.4. The molecule has 2 atom stereocenters. The number of amides is 1. The Balaban J connectivity index is 1.38. The molecule has 2 fully saturated rings. The second-order valence-electron chi connectivity index (χ2n) is 6.56. The van der Waals surface area contributed by atoms with Crippen molar-refractivity contribution >= 4 is 11.6 Å². The Morgan fingerprint density at radius 3 is 3.26 bits per heavy atom. The number of anilines is 1. The third kappa shape index (κ3) is 2.77. The number of carbonyl (C=O) groups excluding carboxylic acids is 1. The normalized spacial score (nSPS) is 26.4. The van der Waals surface area contributed by atoms with Crippen LogP contribution in [0.15, 0.2) is 12.1 Å². The van der Waals surface area contributed by atoms with Crippen LogP contribution in [-0.4, -0.2) is 55.8 Å². The minimum absolute atomic E-state index is 0.0705. The van der Waals surface area contributed by atoms with Crippen LogP contribution in [0.25, 0.3) is 0 Å². The minimum atomic E-state index is -0.0705. The van der Waals surface area contributed by atoms with E-state index in [1.807, 2.05) is 0 Å². The summed E-state index contributed by atoms with van der Waals surface area (Å²) in [5.41, 5.74) is 8.09. The van der Waals surface area contributed by atoms with Crippen LogP contribution in [0, 0.1) is 0 Å². The molecule has 0 aliphatic carbocycles. The zero-order valence-corrected chi connectivity index (χ0v) is 13.2. The van der Waals surface area contributed by atoms with E-state index in [0.29, 0.717) is 36.2 Å². The van der Waals surface area contributed by atoms with E-state index in [-0.39, 0.29) is 12.0 Å². The molecule has 0 bridgehead atoms. The van der Waals surface area contributed by atoms with Crippen molar-refractivity contribution in [2.45, 2.75) is 31.4 Å². The van der Waals surface area contributed by atoms with Gasteiger partial charge in [0.2, 0.25) is 0 Å². The maximum atomic E-state index is 12.5. The van der Waals surface area contributed by atoms with Crippen molar-refractivity contribution in [1.29, 1.82) is 0 Å². The third-order valence-corrected chi connectivity index (χ3v) is 5.09. The fourth-order valence-corrected chi connectivity index (χ4v) is 3.84. The fraction of sp³-hybridized carbons (Fsp3) is 0.588. The first-order chi connectivity index (χ1) is 11.2. The highest BCUT2D eigenvalue weighted by molar-refractivity contribution is 5.97. The highest BCUT2D eigenvalue weighted by Gasteiger charge is 2.32. The van der Waals surface area contributed by atoms with Gasteiger partial charge in [-0.1, -0.05) is 0 Å². The van der Waals surface area contributed by atoms with Crippen LogP contribution in [0.2, 0.25) is 0 Å². The van der Waals surface area contributed by atoms with Crippen LogP contribution in [0.1, 0.15) is 28.8 Å². The van der Waals surface area contributed by atoms with Gasteiger partial charge >= 0.3 is 0 Å². The Labute approximate surface area is 135 Å². The van der Waals surface area contributed by atoms with Gasteiger partial charge in [-0.3, -0.25) is 9.69 Å². The fourth-order valence-electron chi connectivity index (χ4n) is 3.84. The molecule has 1 aromatic rings. The number of nitrogens with two attached hydrogens (primary N) is 1. The molecule has 0 saturated carbocycles. The lowest BCUT2D eigenvalue weighted by Gasteiger charge is -2.35. The average Bonchev–Trinajstić information content (AvgIpc) is 3.21. The first-order valence-electron chi connectivity index (χ1n) is 8.40. The smallest absolute Gasteiger partial charge is 0.251 e. The average molecular weight is 317 g/mol. The topological polar surface area (TPSA) is 76.8 Å². The van der Waals surface area contributed by atoms with Gasteiger partial charge in [0.25, 0.3) is 5.91 Å². The van der Waals surface area contributed by atoms with Gasteiger partial charge in [0.1, 0.15) is 5.75 Å². The zero-order valence-electron chi connectivity index (χ0n) is 13.2. The molecule has 0 radical (unpaired) electrons. The Morgan fingerprint density at radius 2 is 2.35 bits per heavy atom. The van der Waals surface area contributed by atoms with E-state index in [4.69, 9.17) is 15.2 Å². The number of morpholine rings is 1. The molecule has 3 heterocycles. The zero-order chi connectivity index (χ0) is 15.8. The lowest BCUT2D eigenvalue weighted by Crippen LogP contribution is -2.50. The Hall–Kier alpha value is -1.79. The standard InChI is InChI=1S/C17H23N3O3/c18-15-4-3-14(13-5-7-22-16(13)15)17(21)19-8-12-9-20-6-1-2-11(20)10-23-12/h3-4,11-12H,1-2,5-10,18H2,(H,19,21)/t11-,12-/m1/s1. The number of fused-ring (bicyclic) bond motifs is 2. The molecule has 0 aromatic heterocycles. The molecule has 0 unspecified atom stereocenters. The number of ether oxygens (including phenoxy) is 2. The number of benzene rings is 1. The summed E-state index contributed by atoms with van der Waals surface area (Å²) in [5.74, 6) is 0.602. The van der Waals surface area contributed by atoms with Crippen LogP contribution in [0.5, 0.6) is 5.75 Å². The quantitative estimate of drug-likeness (QED) is 0.806. The van der Waals surface area contributed by atoms with E-state index < -0.39 is 0 Å². The lowest BCUT2D eigenvalue weighted by atomic mass is 10.0. The van der Waals surface area contributed by atoms with Crippen LogP contribution in [0.3, 0.4) is 0 Å². The maximum absolute atomic E-state index is 12.5. The molecule has 0 spiro atoms. The second-order valence-corrected chi connectivity index (χ2v) is 6.56. The highest BCUT2D eigenvalue weighted by Crippen LogP contribution is 2.34. The number of hydrogen-bond acceptors (Lipinski definition) is 5. The predicted octanol–water partition coefficient (Wildman–Crippen LogP) is 0.797. The largest absolute Gasteiger partial charge is 0.491 e. The molecule has 1 amide bonds. The molecule has 6 heteroatoms. The van der Waals surface area contributed by atoms with E-state index in [1.54, 1.807) is 12.1 Å². The Bertz CT molecular complexity index is 619. The van der Waals surface area contributed by atoms with Crippen molar-refractivity contribution in [3.8, 4) is 5.75 Å². The van der Waals surface area contributed by atoms with Gasteiger partial charge in [-0.15, -0.1) is 0 Å². The van der Waals surface area contributed by atoms with Crippen molar-refractivity contribution in [2.75, 3.05) is 38.6 Å². The van der Waals surface area contributed by atoms with Crippen LogP contribution in [-0.2, 0) is 11.2 Å². The SMILES string of the molecule is Nc1ccc(C(=O)NC[C@@H]2CN3CCC[C@@H]3CO2)c2c1OCC2. The van der Waals surface area contributed by atoms with Crippen LogP contribution >= 0.6 is 0 Å². The van der Waals surface area contributed by atoms with Gasteiger partial charge in [0.05, 0.1) is 25.0 Å². The van der Waals surface area contributed by atoms with E-state index in [1.165, 1.54) is 12.8 Å². The summed E-state index contributed by atoms with van der Waals surface area (Å²) in [7, 11) is 0. The van der Waals surface area contributed by atoms with E-state index >= 15 is 0 Å². The van der Waals surface area contributed by atoms with Gasteiger partial charge in [0, 0.05) is 36.7 Å². The van der Waals surface area contributed by atoms with Crippen molar-refractivity contribution in [2.24, 2.45) is 0 Å². The summed E-state index contributed by atoms with van der Waals surface area (Å²) in [5, 5.41) is 3.01. The summed E-state index contributed by atoms with van der Waals surface area (Å²) in [6.45, 7) is 3.98.